The topological polar surface area (TPSA) is 52.0 Å². The number of halogens is 4. The summed E-state index contributed by atoms with van der Waals surface area (Å²) in [6, 6.07) is 0.815. The minimum absolute atomic E-state index is 0.0223. The first-order valence-corrected chi connectivity index (χ1v) is 12.4. The zero-order valence-corrected chi connectivity index (χ0v) is 17.3. The smallest absolute Gasteiger partial charge is 0.367 e. The van der Waals surface area contributed by atoms with Gasteiger partial charge in [-0.2, -0.15) is 18.2 Å². The van der Waals surface area contributed by atoms with Gasteiger partial charge in [0.05, 0.1) is 10.9 Å². The second-order valence-corrected chi connectivity index (χ2v) is 13.7. The molecule has 26 heavy (non-hydrogen) atoms. The third-order valence-electron chi connectivity index (χ3n) is 3.65. The fourth-order valence-corrected chi connectivity index (χ4v) is 3.31. The highest BCUT2D eigenvalue weighted by molar-refractivity contribution is 6.76. The van der Waals surface area contributed by atoms with Crippen molar-refractivity contribution in [2.75, 3.05) is 11.9 Å². The molecule has 146 valence electrons. The van der Waals surface area contributed by atoms with Gasteiger partial charge in [0, 0.05) is 26.9 Å². The molecule has 0 amide bonds. The van der Waals surface area contributed by atoms with Gasteiger partial charge in [-0.15, -0.1) is 0 Å². The average Bonchev–Trinajstić information content (AvgIpc) is 2.81. The number of ether oxygens (including phenoxy) is 1. The van der Waals surface area contributed by atoms with Crippen molar-refractivity contribution in [1.29, 1.82) is 0 Å². The maximum Gasteiger partial charge on any atom is 0.418 e. The van der Waals surface area contributed by atoms with Gasteiger partial charge in [-0.3, -0.25) is 0 Å². The van der Waals surface area contributed by atoms with Crippen LogP contribution in [-0.2, 0) is 17.6 Å². The molecule has 1 N–H and O–H groups in total. The molecule has 0 bridgehead atoms. The predicted molar refractivity (Wildman–Crippen MR) is 100 cm³/mol. The van der Waals surface area contributed by atoms with Crippen LogP contribution in [0.5, 0.6) is 0 Å². The Morgan fingerprint density at radius 1 is 1.27 bits per heavy atom. The number of hydrogen-bond acceptors (Lipinski definition) is 4. The highest BCUT2D eigenvalue weighted by Crippen LogP contribution is 2.39. The number of alkyl halides is 3. The summed E-state index contributed by atoms with van der Waals surface area (Å²) in [6.07, 6.45) is -3.53. The summed E-state index contributed by atoms with van der Waals surface area (Å²) in [5.41, 5.74) is -0.699. The number of rotatable bonds is 7. The molecule has 0 saturated carbocycles. The van der Waals surface area contributed by atoms with Gasteiger partial charge in [-0.1, -0.05) is 19.6 Å². The maximum atomic E-state index is 13.5. The van der Waals surface area contributed by atoms with E-state index in [9.17, 15) is 13.2 Å². The zero-order valence-electron chi connectivity index (χ0n) is 15.5. The van der Waals surface area contributed by atoms with Crippen molar-refractivity contribution >= 4 is 36.5 Å². The molecule has 0 saturated heterocycles. The van der Waals surface area contributed by atoms with E-state index in [1.807, 2.05) is 13.8 Å². The van der Waals surface area contributed by atoms with Gasteiger partial charge in [0.2, 0.25) is 5.28 Å². The Balaban J connectivity index is 2.43. The highest BCUT2D eigenvalue weighted by Gasteiger charge is 2.37. The van der Waals surface area contributed by atoms with E-state index in [1.54, 1.807) is 0 Å². The standard InChI is InChI=1S/C16H24ClF3N4OSi/c1-10(2)21-13-12-11(16(18,19)20)8-24(14(12)23-15(17)22-13)9-25-6-7-26(3,4)5/h8,10H,6-7,9H2,1-5H3,(H,21,22,23). The van der Waals surface area contributed by atoms with Gasteiger partial charge in [-0.25, -0.2) is 4.98 Å². The Labute approximate surface area is 156 Å². The van der Waals surface area contributed by atoms with Crippen LogP contribution in [-0.4, -0.2) is 35.3 Å². The minimum atomic E-state index is -4.54. The molecule has 0 aliphatic rings. The van der Waals surface area contributed by atoms with Gasteiger partial charge in [-0.05, 0) is 31.5 Å². The van der Waals surface area contributed by atoms with E-state index in [-0.39, 0.29) is 34.9 Å². The summed E-state index contributed by atoms with van der Waals surface area (Å²) in [5, 5.41) is 2.71. The molecule has 0 atom stereocenters. The van der Waals surface area contributed by atoms with Gasteiger partial charge in [0.25, 0.3) is 0 Å². The molecule has 0 aliphatic heterocycles. The number of hydrogen-bond donors (Lipinski definition) is 1. The number of nitrogens with one attached hydrogen (secondary N) is 1. The van der Waals surface area contributed by atoms with Crippen LogP contribution in [0.15, 0.2) is 6.20 Å². The lowest BCUT2D eigenvalue weighted by Gasteiger charge is -2.15. The second-order valence-electron chi connectivity index (χ2n) is 7.70. The van der Waals surface area contributed by atoms with Crippen molar-refractivity contribution in [2.24, 2.45) is 0 Å². The lowest BCUT2D eigenvalue weighted by molar-refractivity contribution is -0.136. The quantitative estimate of drug-likeness (QED) is 0.387. The van der Waals surface area contributed by atoms with Crippen LogP contribution in [0.4, 0.5) is 19.0 Å². The summed E-state index contributed by atoms with van der Waals surface area (Å²) >= 11 is 5.93. The first kappa shape index (κ1) is 21.0. The molecule has 0 radical (unpaired) electrons. The van der Waals surface area contributed by atoms with Crippen LogP contribution < -0.4 is 5.32 Å². The van der Waals surface area contributed by atoms with Crippen LogP contribution in [0, 0.1) is 0 Å². The third-order valence-corrected chi connectivity index (χ3v) is 5.52. The molecule has 0 spiro atoms. The van der Waals surface area contributed by atoms with E-state index in [2.05, 4.69) is 34.9 Å². The van der Waals surface area contributed by atoms with Gasteiger partial charge in [0.1, 0.15) is 18.2 Å². The average molecular weight is 409 g/mol. The normalized spacial score (nSPS) is 13.0. The molecule has 0 fully saturated rings. The van der Waals surface area contributed by atoms with Crippen LogP contribution in [0.3, 0.4) is 0 Å². The van der Waals surface area contributed by atoms with Crippen LogP contribution in [0.2, 0.25) is 31.0 Å². The van der Waals surface area contributed by atoms with Crippen molar-refractivity contribution in [3.8, 4) is 0 Å². The fourth-order valence-electron chi connectivity index (χ4n) is 2.39. The molecule has 5 nitrogen and oxygen atoms in total. The van der Waals surface area contributed by atoms with Crippen molar-refractivity contribution < 1.29 is 17.9 Å². The molecular formula is C16H24ClF3N4OSi. The third kappa shape index (κ3) is 5.34. The Morgan fingerprint density at radius 2 is 1.92 bits per heavy atom. The summed E-state index contributed by atoms with van der Waals surface area (Å²) in [6.45, 7) is 10.7. The van der Waals surface area contributed by atoms with Gasteiger partial charge < -0.3 is 14.6 Å². The predicted octanol–water partition coefficient (Wildman–Crippen LogP) is 5.24. The fraction of sp³-hybridized carbons (Fsp3) is 0.625. The lowest BCUT2D eigenvalue weighted by Crippen LogP contribution is -2.22. The molecule has 2 aromatic rings. The SMILES string of the molecule is CC(C)Nc1nc(Cl)nc2c1c(C(F)(F)F)cn2COCC[Si](C)(C)C. The number of fused-ring (bicyclic) bond motifs is 1. The number of anilines is 1. The van der Waals surface area contributed by atoms with Crippen molar-refractivity contribution in [3.63, 3.8) is 0 Å². The van der Waals surface area contributed by atoms with Crippen LogP contribution in [0.1, 0.15) is 19.4 Å². The van der Waals surface area contributed by atoms with E-state index < -0.39 is 19.8 Å². The van der Waals surface area contributed by atoms with E-state index in [4.69, 9.17) is 16.3 Å². The van der Waals surface area contributed by atoms with Gasteiger partial charge in [0.15, 0.2) is 0 Å². The molecular weight excluding hydrogens is 385 g/mol. The lowest BCUT2D eigenvalue weighted by atomic mass is 10.2. The molecule has 2 aromatic heterocycles. The zero-order chi connectivity index (χ0) is 19.7. The second kappa shape index (κ2) is 7.73. The van der Waals surface area contributed by atoms with Crippen molar-refractivity contribution in [3.05, 3.63) is 17.0 Å². The summed E-state index contributed by atoms with van der Waals surface area (Å²) < 4.78 is 47.5. The van der Waals surface area contributed by atoms with Crippen molar-refractivity contribution in [2.45, 2.75) is 58.5 Å². The summed E-state index contributed by atoms with van der Waals surface area (Å²) in [4.78, 5) is 7.96. The Hall–Kier alpha value is -1.32. The van der Waals surface area contributed by atoms with Crippen LogP contribution in [0.25, 0.3) is 11.0 Å². The van der Waals surface area contributed by atoms with Crippen LogP contribution >= 0.6 is 11.6 Å². The molecule has 0 aromatic carbocycles. The first-order valence-electron chi connectivity index (χ1n) is 8.36. The van der Waals surface area contributed by atoms with E-state index >= 15 is 0 Å². The van der Waals surface area contributed by atoms with E-state index in [0.717, 1.165) is 12.2 Å². The Kier molecular flexibility index (Phi) is 6.24. The monoisotopic (exact) mass is 408 g/mol. The van der Waals surface area contributed by atoms with Gasteiger partial charge >= 0.3 is 6.18 Å². The van der Waals surface area contributed by atoms with E-state index in [0.29, 0.717) is 6.61 Å². The number of nitrogens with zero attached hydrogens (tertiary/aromatic N) is 3. The molecule has 0 unspecified atom stereocenters. The minimum Gasteiger partial charge on any atom is -0.367 e. The highest BCUT2D eigenvalue weighted by atomic mass is 35.5. The first-order chi connectivity index (χ1) is 11.9. The Bertz CT molecular complexity index is 771. The Morgan fingerprint density at radius 3 is 2.46 bits per heavy atom. The maximum absolute atomic E-state index is 13.5. The summed E-state index contributed by atoms with van der Waals surface area (Å²) in [7, 11) is -1.28. The van der Waals surface area contributed by atoms with Crippen molar-refractivity contribution in [1.82, 2.24) is 14.5 Å². The van der Waals surface area contributed by atoms with E-state index in [1.165, 1.54) is 4.57 Å². The molecule has 2 rings (SSSR count). The number of aromatic nitrogens is 3. The summed E-state index contributed by atoms with van der Waals surface area (Å²) in [5.74, 6) is 0.0724. The largest absolute Gasteiger partial charge is 0.418 e. The molecule has 10 heteroatoms. The molecule has 0 aliphatic carbocycles. The molecule has 2 heterocycles.